The largest absolute Gasteiger partial charge is 0.362 e. The Morgan fingerprint density at radius 1 is 1.10 bits per heavy atom. The van der Waals surface area contributed by atoms with E-state index in [9.17, 15) is 13.2 Å². The van der Waals surface area contributed by atoms with Gasteiger partial charge in [-0.3, -0.25) is 9.78 Å². The summed E-state index contributed by atoms with van der Waals surface area (Å²) < 4.78 is 26.1. The number of nitrogens with one attached hydrogen (secondary N) is 2. The van der Waals surface area contributed by atoms with E-state index in [1.54, 1.807) is 30.5 Å². The second-order valence-electron chi connectivity index (χ2n) is 9.87. The Hall–Kier alpha value is -3.50. The molecule has 4 rings (SSSR count). The van der Waals surface area contributed by atoms with Crippen LogP contribution in [-0.2, 0) is 9.84 Å². The minimum atomic E-state index is -3.79. The predicted molar refractivity (Wildman–Crippen MR) is 155 cm³/mol. The van der Waals surface area contributed by atoms with Gasteiger partial charge in [-0.1, -0.05) is 29.8 Å². The van der Waals surface area contributed by atoms with E-state index in [-0.39, 0.29) is 34.0 Å². The summed E-state index contributed by atoms with van der Waals surface area (Å²) in [6, 6.07) is 8.23. The fraction of sp³-hybridized carbons (Fsp3) is 0.357. The van der Waals surface area contributed by atoms with Crippen LogP contribution in [0, 0.1) is 6.92 Å². The summed E-state index contributed by atoms with van der Waals surface area (Å²) in [6.45, 7) is 5.53. The number of amides is 1. The molecule has 2 N–H and O–H groups in total. The van der Waals surface area contributed by atoms with Crippen molar-refractivity contribution in [1.82, 2.24) is 20.3 Å². The number of anilines is 2. The van der Waals surface area contributed by atoms with Crippen LogP contribution in [0.5, 0.6) is 0 Å². The quantitative estimate of drug-likeness (QED) is 0.357. The molecule has 1 aromatic carbocycles. The molecule has 39 heavy (non-hydrogen) atoms. The first-order valence-electron chi connectivity index (χ1n) is 12.8. The molecule has 9 nitrogen and oxygen atoms in total. The molecule has 1 aliphatic rings. The molecule has 0 aliphatic heterocycles. The number of hydrogen-bond acceptors (Lipinski definition) is 8. The molecule has 0 spiro atoms. The predicted octanol–water partition coefficient (Wildman–Crippen LogP) is 4.68. The van der Waals surface area contributed by atoms with Crippen LogP contribution in [0.2, 0.25) is 5.02 Å². The van der Waals surface area contributed by atoms with E-state index in [2.05, 4.69) is 32.2 Å². The highest BCUT2D eigenvalue weighted by atomic mass is 35.5. The molecule has 1 fully saturated rings. The van der Waals surface area contributed by atoms with Crippen molar-refractivity contribution in [2.45, 2.75) is 49.6 Å². The zero-order chi connectivity index (χ0) is 28.2. The summed E-state index contributed by atoms with van der Waals surface area (Å²) in [7, 11) is 0.0982. The van der Waals surface area contributed by atoms with E-state index in [0.717, 1.165) is 37.1 Å². The highest BCUT2D eigenvalue weighted by Gasteiger charge is 2.29. The standard InChI is InChI=1S/C28H33ClN6O3S/c1-5-16-39(37,38)23-14-15-30-25(19-6-8-20(29)9-7-19)24(23)27(36)32-21-10-12-22(13-11-21)33-28-31-17-18(2)26(34-28)35(3)4/h5-9,14-15,17,21-22H,1,10-13,16H2,2-4H3,(H,32,36)(H,31,33,34). The molecular weight excluding hydrogens is 536 g/mol. The maximum Gasteiger partial charge on any atom is 0.255 e. The first kappa shape index (κ1) is 28.5. The molecule has 0 saturated heterocycles. The zero-order valence-electron chi connectivity index (χ0n) is 22.3. The molecule has 206 valence electrons. The van der Waals surface area contributed by atoms with Crippen LogP contribution in [0.4, 0.5) is 11.8 Å². The van der Waals surface area contributed by atoms with E-state index in [1.807, 2.05) is 25.9 Å². The van der Waals surface area contributed by atoms with Gasteiger partial charge in [0.15, 0.2) is 9.84 Å². The first-order valence-corrected chi connectivity index (χ1v) is 14.8. The van der Waals surface area contributed by atoms with E-state index in [1.165, 1.54) is 18.3 Å². The highest BCUT2D eigenvalue weighted by Crippen LogP contribution is 2.30. The topological polar surface area (TPSA) is 117 Å². The Balaban J connectivity index is 1.52. The Morgan fingerprint density at radius 2 is 1.77 bits per heavy atom. The number of nitrogens with zero attached hydrogens (tertiary/aromatic N) is 4. The average molecular weight is 569 g/mol. The van der Waals surface area contributed by atoms with Gasteiger partial charge in [0, 0.05) is 54.7 Å². The number of carbonyl (C=O) groups excluding carboxylic acids is 1. The summed E-state index contributed by atoms with van der Waals surface area (Å²) in [5.74, 6) is 0.690. The third-order valence-electron chi connectivity index (χ3n) is 6.69. The van der Waals surface area contributed by atoms with Crippen LogP contribution in [0.1, 0.15) is 41.6 Å². The molecule has 11 heteroatoms. The third-order valence-corrected chi connectivity index (χ3v) is 8.63. The molecule has 1 amide bonds. The fourth-order valence-electron chi connectivity index (χ4n) is 4.77. The van der Waals surface area contributed by atoms with Crippen LogP contribution in [0.15, 0.2) is 60.3 Å². The summed E-state index contributed by atoms with van der Waals surface area (Å²) in [6.07, 6.45) is 7.58. The van der Waals surface area contributed by atoms with Crippen molar-refractivity contribution in [2.75, 3.05) is 30.1 Å². The Labute approximate surface area is 234 Å². The maximum absolute atomic E-state index is 13.6. The van der Waals surface area contributed by atoms with Crippen LogP contribution >= 0.6 is 11.6 Å². The number of pyridine rings is 1. The van der Waals surface area contributed by atoms with Crippen LogP contribution in [0.3, 0.4) is 0 Å². The Morgan fingerprint density at radius 3 is 2.41 bits per heavy atom. The Kier molecular flexibility index (Phi) is 8.87. The van der Waals surface area contributed by atoms with Gasteiger partial charge in [0.2, 0.25) is 5.95 Å². The average Bonchev–Trinajstić information content (AvgIpc) is 2.90. The van der Waals surface area contributed by atoms with Gasteiger partial charge in [0.1, 0.15) is 5.82 Å². The number of aryl methyl sites for hydroxylation is 1. The fourth-order valence-corrected chi connectivity index (χ4v) is 6.16. The molecule has 2 heterocycles. The summed E-state index contributed by atoms with van der Waals surface area (Å²) in [5, 5.41) is 7.01. The van der Waals surface area contributed by atoms with Crippen LogP contribution in [-0.4, -0.2) is 61.2 Å². The van der Waals surface area contributed by atoms with Crippen molar-refractivity contribution >= 4 is 39.1 Å². The van der Waals surface area contributed by atoms with E-state index in [4.69, 9.17) is 11.6 Å². The van der Waals surface area contributed by atoms with Crippen LogP contribution < -0.4 is 15.5 Å². The van der Waals surface area contributed by atoms with E-state index in [0.29, 0.717) is 16.5 Å². The molecule has 0 bridgehead atoms. The second-order valence-corrected chi connectivity index (χ2v) is 12.3. The number of aromatic nitrogens is 3. The summed E-state index contributed by atoms with van der Waals surface area (Å²) in [4.78, 5) is 29.0. The monoisotopic (exact) mass is 568 g/mol. The highest BCUT2D eigenvalue weighted by molar-refractivity contribution is 7.91. The van der Waals surface area contributed by atoms with E-state index < -0.39 is 15.7 Å². The smallest absolute Gasteiger partial charge is 0.255 e. The van der Waals surface area contributed by atoms with Gasteiger partial charge in [-0.2, -0.15) is 4.98 Å². The number of carbonyl (C=O) groups is 1. The van der Waals surface area contributed by atoms with Crippen molar-refractivity contribution in [3.05, 3.63) is 71.5 Å². The summed E-state index contributed by atoms with van der Waals surface area (Å²) >= 11 is 6.04. The molecule has 0 unspecified atom stereocenters. The van der Waals surface area contributed by atoms with Gasteiger partial charge in [0.25, 0.3) is 5.91 Å². The van der Waals surface area contributed by atoms with Crippen molar-refractivity contribution in [2.24, 2.45) is 0 Å². The molecular formula is C28H33ClN6O3S. The third kappa shape index (κ3) is 6.75. The second kappa shape index (κ2) is 12.1. The van der Waals surface area contributed by atoms with Crippen molar-refractivity contribution in [3.63, 3.8) is 0 Å². The molecule has 3 aromatic rings. The number of sulfone groups is 1. The van der Waals surface area contributed by atoms with Crippen molar-refractivity contribution < 1.29 is 13.2 Å². The normalized spacial score (nSPS) is 17.3. The lowest BCUT2D eigenvalue weighted by Gasteiger charge is -2.30. The minimum Gasteiger partial charge on any atom is -0.362 e. The van der Waals surface area contributed by atoms with E-state index >= 15 is 0 Å². The molecule has 0 atom stereocenters. The lowest BCUT2D eigenvalue weighted by atomic mass is 9.91. The van der Waals surface area contributed by atoms with Gasteiger partial charge >= 0.3 is 0 Å². The van der Waals surface area contributed by atoms with Gasteiger partial charge in [0.05, 0.1) is 21.9 Å². The number of halogens is 1. The maximum atomic E-state index is 13.6. The first-order chi connectivity index (χ1) is 18.6. The Bertz CT molecular complexity index is 1450. The van der Waals surface area contributed by atoms with Crippen LogP contribution in [0.25, 0.3) is 11.3 Å². The van der Waals surface area contributed by atoms with Gasteiger partial charge in [-0.15, -0.1) is 6.58 Å². The SMILES string of the molecule is C=CCS(=O)(=O)c1ccnc(-c2ccc(Cl)cc2)c1C(=O)NC1CCC(Nc2ncc(C)c(N(C)C)n2)CC1. The van der Waals surface area contributed by atoms with Gasteiger partial charge in [-0.25, -0.2) is 13.4 Å². The minimum absolute atomic E-state index is 0.0335. The molecule has 0 radical (unpaired) electrons. The number of rotatable bonds is 9. The van der Waals surface area contributed by atoms with Gasteiger partial charge in [-0.05, 0) is 50.8 Å². The van der Waals surface area contributed by atoms with Gasteiger partial charge < -0.3 is 15.5 Å². The number of benzene rings is 1. The molecule has 2 aromatic heterocycles. The molecule has 1 saturated carbocycles. The summed E-state index contributed by atoms with van der Waals surface area (Å²) in [5.41, 5.74) is 1.92. The van der Waals surface area contributed by atoms with Crippen molar-refractivity contribution in [1.29, 1.82) is 0 Å². The zero-order valence-corrected chi connectivity index (χ0v) is 23.9. The van der Waals surface area contributed by atoms with Crippen molar-refractivity contribution in [3.8, 4) is 11.3 Å². The lowest BCUT2D eigenvalue weighted by molar-refractivity contribution is 0.0923. The lowest BCUT2D eigenvalue weighted by Crippen LogP contribution is -2.41. The molecule has 1 aliphatic carbocycles. The number of hydrogen-bond donors (Lipinski definition) is 2.